The predicted octanol–water partition coefficient (Wildman–Crippen LogP) is 3.56. The first-order chi connectivity index (χ1) is 14.0. The van der Waals surface area contributed by atoms with Crippen LogP contribution >= 0.6 is 11.3 Å². The highest BCUT2D eigenvalue weighted by Gasteiger charge is 2.16. The van der Waals surface area contributed by atoms with E-state index < -0.39 is 0 Å². The van der Waals surface area contributed by atoms with Crippen LogP contribution in [0.4, 0.5) is 0 Å². The van der Waals surface area contributed by atoms with Gasteiger partial charge in [-0.05, 0) is 48.8 Å². The maximum absolute atomic E-state index is 12.3. The quantitative estimate of drug-likeness (QED) is 0.600. The number of carbonyl (C=O) groups is 2. The summed E-state index contributed by atoms with van der Waals surface area (Å²) < 4.78 is 0. The summed E-state index contributed by atoms with van der Waals surface area (Å²) in [5, 5.41) is 7.61. The van der Waals surface area contributed by atoms with Gasteiger partial charge in [-0.15, -0.1) is 11.3 Å². The van der Waals surface area contributed by atoms with Crippen molar-refractivity contribution in [3.8, 4) is 11.1 Å². The van der Waals surface area contributed by atoms with E-state index in [1.165, 1.54) is 4.88 Å². The highest BCUT2D eigenvalue weighted by atomic mass is 32.1. The van der Waals surface area contributed by atoms with Gasteiger partial charge in [-0.25, -0.2) is 0 Å². The lowest BCUT2D eigenvalue weighted by molar-refractivity contribution is -0.120. The number of nitrogens with one attached hydrogen (secondary N) is 2. The largest absolute Gasteiger partial charge is 0.353 e. The molecule has 1 heterocycles. The van der Waals surface area contributed by atoms with Crippen molar-refractivity contribution in [2.24, 2.45) is 0 Å². The average molecular weight is 408 g/mol. The van der Waals surface area contributed by atoms with Gasteiger partial charge in [0.15, 0.2) is 0 Å². The van der Waals surface area contributed by atoms with Gasteiger partial charge in [0.1, 0.15) is 0 Å². The summed E-state index contributed by atoms with van der Waals surface area (Å²) in [4.78, 5) is 27.8. The molecule has 1 aromatic heterocycles. The number of likely N-dealkylation sites (N-methyl/N-ethyl adjacent to an activating group) is 1. The molecule has 2 aromatic carbocycles. The average Bonchev–Trinajstić information content (AvgIpc) is 3.27. The summed E-state index contributed by atoms with van der Waals surface area (Å²) >= 11 is 1.66. The second kappa shape index (κ2) is 10.0. The van der Waals surface area contributed by atoms with Gasteiger partial charge in [-0.2, -0.15) is 0 Å². The van der Waals surface area contributed by atoms with Gasteiger partial charge in [0.05, 0.1) is 12.6 Å². The SMILES string of the molecule is CN(C)[C@@H](CNC(=O)CNC(=O)c1ccc(-c2ccccc2)cc1)c1cccs1. The Kier molecular flexibility index (Phi) is 7.16. The number of benzene rings is 2. The summed E-state index contributed by atoms with van der Waals surface area (Å²) in [5.41, 5.74) is 2.67. The highest BCUT2D eigenvalue weighted by molar-refractivity contribution is 7.10. The van der Waals surface area contributed by atoms with Gasteiger partial charge in [0.25, 0.3) is 5.91 Å². The molecule has 0 aliphatic heterocycles. The second-order valence-electron chi connectivity index (χ2n) is 6.92. The van der Waals surface area contributed by atoms with Gasteiger partial charge >= 0.3 is 0 Å². The van der Waals surface area contributed by atoms with E-state index in [4.69, 9.17) is 0 Å². The van der Waals surface area contributed by atoms with E-state index in [9.17, 15) is 9.59 Å². The van der Waals surface area contributed by atoms with Crippen LogP contribution in [0.15, 0.2) is 72.1 Å². The summed E-state index contributed by atoms with van der Waals surface area (Å²) in [7, 11) is 3.97. The molecule has 1 atom stereocenters. The number of thiophene rings is 1. The molecule has 2 N–H and O–H groups in total. The zero-order valence-corrected chi connectivity index (χ0v) is 17.4. The molecule has 0 bridgehead atoms. The minimum absolute atomic E-state index is 0.0517. The van der Waals surface area contributed by atoms with E-state index in [1.807, 2.05) is 68.0 Å². The minimum atomic E-state index is -0.262. The Morgan fingerprint density at radius 3 is 2.21 bits per heavy atom. The van der Waals surface area contributed by atoms with Crippen molar-refractivity contribution < 1.29 is 9.59 Å². The molecule has 0 radical (unpaired) electrons. The summed E-state index contributed by atoms with van der Waals surface area (Å²) in [6.07, 6.45) is 0. The number of hydrogen-bond acceptors (Lipinski definition) is 4. The highest BCUT2D eigenvalue weighted by Crippen LogP contribution is 2.22. The van der Waals surface area contributed by atoms with Crippen molar-refractivity contribution >= 4 is 23.2 Å². The monoisotopic (exact) mass is 407 g/mol. The lowest BCUT2D eigenvalue weighted by atomic mass is 10.0. The van der Waals surface area contributed by atoms with Crippen LogP contribution in [0.2, 0.25) is 0 Å². The Labute approximate surface area is 175 Å². The molecule has 0 saturated heterocycles. The smallest absolute Gasteiger partial charge is 0.251 e. The molecule has 0 aliphatic rings. The number of rotatable bonds is 8. The second-order valence-corrected chi connectivity index (χ2v) is 7.90. The van der Waals surface area contributed by atoms with Crippen LogP contribution in [0.1, 0.15) is 21.3 Å². The van der Waals surface area contributed by atoms with E-state index in [0.29, 0.717) is 12.1 Å². The third kappa shape index (κ3) is 5.76. The molecule has 3 aromatic rings. The Balaban J connectivity index is 1.49. The Morgan fingerprint density at radius 1 is 0.897 bits per heavy atom. The van der Waals surface area contributed by atoms with Crippen molar-refractivity contribution in [3.63, 3.8) is 0 Å². The van der Waals surface area contributed by atoms with E-state index >= 15 is 0 Å². The standard InChI is InChI=1S/C23H25N3O2S/c1-26(2)20(21-9-6-14-29-21)15-24-22(27)16-25-23(28)19-12-10-18(11-13-19)17-7-4-3-5-8-17/h3-14,20H,15-16H2,1-2H3,(H,24,27)(H,25,28)/t20-/m0/s1. The molecule has 0 saturated carbocycles. The molecule has 0 spiro atoms. The van der Waals surface area contributed by atoms with Gasteiger partial charge in [0.2, 0.25) is 5.91 Å². The first-order valence-corrected chi connectivity index (χ1v) is 10.3. The molecule has 0 fully saturated rings. The third-order valence-corrected chi connectivity index (χ3v) is 5.62. The molecule has 29 heavy (non-hydrogen) atoms. The Morgan fingerprint density at radius 2 is 1.59 bits per heavy atom. The van der Waals surface area contributed by atoms with E-state index in [1.54, 1.807) is 23.5 Å². The fourth-order valence-corrected chi connectivity index (χ4v) is 3.92. The number of nitrogens with zero attached hydrogens (tertiary/aromatic N) is 1. The fourth-order valence-electron chi connectivity index (χ4n) is 3.00. The molecule has 150 valence electrons. The molecule has 0 unspecified atom stereocenters. The van der Waals surface area contributed by atoms with Crippen LogP contribution < -0.4 is 10.6 Å². The van der Waals surface area contributed by atoms with Crippen molar-refractivity contribution in [3.05, 3.63) is 82.6 Å². The third-order valence-electron chi connectivity index (χ3n) is 4.65. The van der Waals surface area contributed by atoms with Crippen LogP contribution in [-0.4, -0.2) is 43.9 Å². The van der Waals surface area contributed by atoms with E-state index in [2.05, 4.69) is 21.6 Å². The van der Waals surface area contributed by atoms with Crippen LogP contribution in [0.25, 0.3) is 11.1 Å². The lowest BCUT2D eigenvalue weighted by Gasteiger charge is -2.23. The molecule has 5 nitrogen and oxygen atoms in total. The predicted molar refractivity (Wildman–Crippen MR) is 118 cm³/mol. The van der Waals surface area contributed by atoms with Crippen molar-refractivity contribution in [1.82, 2.24) is 15.5 Å². The number of hydrogen-bond donors (Lipinski definition) is 2. The van der Waals surface area contributed by atoms with Gasteiger partial charge in [0, 0.05) is 17.0 Å². The number of carbonyl (C=O) groups excluding carboxylic acids is 2. The van der Waals surface area contributed by atoms with E-state index in [-0.39, 0.29) is 24.4 Å². The topological polar surface area (TPSA) is 61.4 Å². The molecular formula is C23H25N3O2S. The zero-order chi connectivity index (χ0) is 20.6. The normalized spacial score (nSPS) is 11.8. The first-order valence-electron chi connectivity index (χ1n) is 9.45. The van der Waals surface area contributed by atoms with Gasteiger partial charge < -0.3 is 15.5 Å². The molecular weight excluding hydrogens is 382 g/mol. The van der Waals surface area contributed by atoms with Crippen LogP contribution in [0.5, 0.6) is 0 Å². The van der Waals surface area contributed by atoms with Crippen molar-refractivity contribution in [2.75, 3.05) is 27.2 Å². The molecule has 2 amide bonds. The van der Waals surface area contributed by atoms with Gasteiger partial charge in [-0.3, -0.25) is 9.59 Å². The summed E-state index contributed by atoms with van der Waals surface area (Å²) in [6.45, 7) is 0.442. The van der Waals surface area contributed by atoms with Crippen LogP contribution in [0.3, 0.4) is 0 Å². The Bertz CT molecular complexity index is 923. The molecule has 0 aliphatic carbocycles. The van der Waals surface area contributed by atoms with Crippen molar-refractivity contribution in [1.29, 1.82) is 0 Å². The van der Waals surface area contributed by atoms with Crippen molar-refractivity contribution in [2.45, 2.75) is 6.04 Å². The fraction of sp³-hybridized carbons (Fsp3) is 0.217. The van der Waals surface area contributed by atoms with E-state index in [0.717, 1.165) is 11.1 Å². The Hall–Kier alpha value is -2.96. The first kappa shape index (κ1) is 20.8. The minimum Gasteiger partial charge on any atom is -0.353 e. The van der Waals surface area contributed by atoms with Gasteiger partial charge in [-0.1, -0.05) is 48.5 Å². The molecule has 6 heteroatoms. The maximum Gasteiger partial charge on any atom is 0.251 e. The maximum atomic E-state index is 12.3. The summed E-state index contributed by atoms with van der Waals surface area (Å²) in [6, 6.07) is 21.5. The lowest BCUT2D eigenvalue weighted by Crippen LogP contribution is -2.40. The van der Waals surface area contributed by atoms with Crippen LogP contribution in [-0.2, 0) is 4.79 Å². The number of amides is 2. The zero-order valence-electron chi connectivity index (χ0n) is 16.6. The summed E-state index contributed by atoms with van der Waals surface area (Å²) in [5.74, 6) is -0.468. The molecule has 3 rings (SSSR count). The van der Waals surface area contributed by atoms with Crippen LogP contribution in [0, 0.1) is 0 Å².